The lowest BCUT2D eigenvalue weighted by molar-refractivity contribution is -0.175. The predicted molar refractivity (Wildman–Crippen MR) is 75.9 cm³/mol. The molecule has 0 aromatic heterocycles. The van der Waals surface area contributed by atoms with Crippen LogP contribution in [0.4, 0.5) is 0 Å². The zero-order valence-electron chi connectivity index (χ0n) is 12.3. The Bertz CT molecular complexity index is 522. The second kappa shape index (κ2) is 6.26. The molecule has 1 aromatic rings. The molecule has 1 saturated carbocycles. The quantitative estimate of drug-likeness (QED) is 0.857. The molecule has 1 aliphatic carbocycles. The number of carbonyl (C=O) groups is 2. The lowest BCUT2D eigenvalue weighted by Crippen LogP contribution is -2.48. The number of hydrogen-bond acceptors (Lipinski definition) is 5. The number of ketones is 1. The molecule has 2 atom stereocenters. The van der Waals surface area contributed by atoms with Gasteiger partial charge in [0.05, 0.1) is 20.1 Å². The van der Waals surface area contributed by atoms with E-state index in [1.165, 1.54) is 14.2 Å². The van der Waals surface area contributed by atoms with Crippen molar-refractivity contribution in [2.75, 3.05) is 14.2 Å². The van der Waals surface area contributed by atoms with Crippen molar-refractivity contribution < 1.29 is 24.2 Å². The van der Waals surface area contributed by atoms with E-state index in [4.69, 9.17) is 9.47 Å². The third-order valence-corrected chi connectivity index (χ3v) is 4.09. The highest BCUT2D eigenvalue weighted by atomic mass is 16.5. The number of ether oxygens (including phenoxy) is 2. The molecule has 21 heavy (non-hydrogen) atoms. The van der Waals surface area contributed by atoms with Crippen molar-refractivity contribution in [3.8, 4) is 5.75 Å². The smallest absolute Gasteiger partial charge is 0.343 e. The molecule has 0 saturated heterocycles. The van der Waals surface area contributed by atoms with Gasteiger partial charge >= 0.3 is 5.97 Å². The number of hydrogen-bond donors (Lipinski definition) is 1. The number of esters is 1. The molecule has 0 amide bonds. The molecule has 5 nitrogen and oxygen atoms in total. The van der Waals surface area contributed by atoms with Gasteiger partial charge in [-0.1, -0.05) is 18.6 Å². The van der Waals surface area contributed by atoms with Gasteiger partial charge in [0.15, 0.2) is 5.60 Å². The normalized spacial score (nSPS) is 21.5. The van der Waals surface area contributed by atoms with Crippen molar-refractivity contribution >= 4 is 11.8 Å². The molecule has 1 N–H and O–H groups in total. The van der Waals surface area contributed by atoms with Gasteiger partial charge < -0.3 is 14.6 Å². The first-order valence-corrected chi connectivity index (χ1v) is 7.02. The lowest BCUT2D eigenvalue weighted by Gasteiger charge is -2.35. The van der Waals surface area contributed by atoms with Crippen LogP contribution >= 0.6 is 0 Å². The first-order chi connectivity index (χ1) is 10.0. The van der Waals surface area contributed by atoms with Crippen LogP contribution in [0, 0.1) is 5.92 Å². The largest absolute Gasteiger partial charge is 0.497 e. The molecule has 2 rings (SSSR count). The monoisotopic (exact) mass is 292 g/mol. The van der Waals surface area contributed by atoms with Crippen molar-refractivity contribution in [3.05, 3.63) is 29.8 Å². The third kappa shape index (κ3) is 2.78. The van der Waals surface area contributed by atoms with Gasteiger partial charge in [0.25, 0.3) is 0 Å². The van der Waals surface area contributed by atoms with Crippen LogP contribution in [-0.4, -0.2) is 31.1 Å². The van der Waals surface area contributed by atoms with Crippen molar-refractivity contribution in [2.24, 2.45) is 5.92 Å². The molecule has 0 aliphatic heterocycles. The second-order valence-corrected chi connectivity index (χ2v) is 5.25. The predicted octanol–water partition coefficient (Wildman–Crippen LogP) is 1.82. The molecule has 0 spiro atoms. The molecule has 0 radical (unpaired) electrons. The van der Waals surface area contributed by atoms with Crippen molar-refractivity contribution in [1.82, 2.24) is 0 Å². The standard InChI is InChI=1S/C16H20O5/c1-20-12-9-7-11(8-10-12)16(19,15(18)21-2)13-5-3-4-6-14(13)17/h7-10,13,19H,3-6H2,1-2H3. The highest BCUT2D eigenvalue weighted by Gasteiger charge is 2.50. The Labute approximate surface area is 123 Å². The average Bonchev–Trinajstić information content (AvgIpc) is 2.54. The highest BCUT2D eigenvalue weighted by molar-refractivity contribution is 5.92. The van der Waals surface area contributed by atoms with Crippen LogP contribution in [0.2, 0.25) is 0 Å². The number of aliphatic hydroxyl groups is 1. The fourth-order valence-electron chi connectivity index (χ4n) is 2.89. The second-order valence-electron chi connectivity index (χ2n) is 5.25. The zero-order valence-corrected chi connectivity index (χ0v) is 12.3. The van der Waals surface area contributed by atoms with Crippen LogP contribution in [0.3, 0.4) is 0 Å². The Kier molecular flexibility index (Phi) is 4.63. The summed E-state index contributed by atoms with van der Waals surface area (Å²) < 4.78 is 9.83. The Morgan fingerprint density at radius 2 is 1.90 bits per heavy atom. The minimum absolute atomic E-state index is 0.0926. The Hall–Kier alpha value is -1.88. The highest BCUT2D eigenvalue weighted by Crippen LogP contribution is 2.39. The van der Waals surface area contributed by atoms with Crippen LogP contribution in [0.25, 0.3) is 0 Å². The minimum Gasteiger partial charge on any atom is -0.497 e. The van der Waals surface area contributed by atoms with E-state index in [0.29, 0.717) is 24.2 Å². The summed E-state index contributed by atoms with van der Waals surface area (Å²) in [5.74, 6) is -1.04. The molecule has 5 heteroatoms. The van der Waals surface area contributed by atoms with Gasteiger partial charge in [-0.15, -0.1) is 0 Å². The van der Waals surface area contributed by atoms with Gasteiger partial charge in [-0.3, -0.25) is 4.79 Å². The van der Waals surface area contributed by atoms with Gasteiger partial charge in [-0.2, -0.15) is 0 Å². The van der Waals surface area contributed by atoms with Crippen molar-refractivity contribution in [1.29, 1.82) is 0 Å². The molecule has 1 aliphatic rings. The summed E-state index contributed by atoms with van der Waals surface area (Å²) in [5, 5.41) is 11.0. The van der Waals surface area contributed by atoms with Crippen LogP contribution in [-0.2, 0) is 19.9 Å². The molecular formula is C16H20O5. The average molecular weight is 292 g/mol. The summed E-state index contributed by atoms with van der Waals surface area (Å²) in [6, 6.07) is 6.49. The maximum atomic E-state index is 12.2. The lowest BCUT2D eigenvalue weighted by atomic mass is 9.72. The third-order valence-electron chi connectivity index (χ3n) is 4.09. The SMILES string of the molecule is COC(=O)C(O)(c1ccc(OC)cc1)C1CCCCC1=O. The number of Topliss-reactive ketones (excluding diaryl/α,β-unsaturated/α-hetero) is 1. The maximum absolute atomic E-state index is 12.2. The minimum atomic E-state index is -1.93. The van der Waals surface area contributed by atoms with E-state index in [1.807, 2.05) is 0 Å². The molecule has 1 aromatic carbocycles. The van der Waals surface area contributed by atoms with E-state index in [2.05, 4.69) is 0 Å². The fourth-order valence-corrected chi connectivity index (χ4v) is 2.89. The van der Waals surface area contributed by atoms with Crippen molar-refractivity contribution in [2.45, 2.75) is 31.3 Å². The van der Waals surface area contributed by atoms with E-state index in [0.717, 1.165) is 12.8 Å². The molecule has 1 fully saturated rings. The fraction of sp³-hybridized carbons (Fsp3) is 0.500. The summed E-state index contributed by atoms with van der Waals surface area (Å²) in [6.07, 6.45) is 2.48. The topological polar surface area (TPSA) is 72.8 Å². The zero-order chi connectivity index (χ0) is 15.5. The number of benzene rings is 1. The van der Waals surface area contributed by atoms with Gasteiger partial charge in [-0.05, 0) is 30.5 Å². The van der Waals surface area contributed by atoms with E-state index in [-0.39, 0.29) is 5.78 Å². The van der Waals surface area contributed by atoms with E-state index in [9.17, 15) is 14.7 Å². The van der Waals surface area contributed by atoms with Gasteiger partial charge in [0, 0.05) is 6.42 Å². The van der Waals surface area contributed by atoms with E-state index >= 15 is 0 Å². The van der Waals surface area contributed by atoms with Gasteiger partial charge in [-0.25, -0.2) is 4.79 Å². The van der Waals surface area contributed by atoms with E-state index in [1.54, 1.807) is 24.3 Å². The Balaban J connectivity index is 2.44. The van der Waals surface area contributed by atoms with Gasteiger partial charge in [0.1, 0.15) is 11.5 Å². The number of carbonyl (C=O) groups excluding carboxylic acids is 2. The van der Waals surface area contributed by atoms with Crippen LogP contribution in [0.1, 0.15) is 31.2 Å². The summed E-state index contributed by atoms with van der Waals surface area (Å²) >= 11 is 0. The number of methoxy groups -OCH3 is 2. The summed E-state index contributed by atoms with van der Waals surface area (Å²) in [7, 11) is 2.75. The first kappa shape index (κ1) is 15.5. The van der Waals surface area contributed by atoms with Crippen LogP contribution in [0.5, 0.6) is 5.75 Å². The number of rotatable bonds is 4. The summed E-state index contributed by atoms with van der Waals surface area (Å²) in [5.41, 5.74) is -1.58. The Morgan fingerprint density at radius 3 is 2.43 bits per heavy atom. The molecular weight excluding hydrogens is 272 g/mol. The molecule has 114 valence electrons. The maximum Gasteiger partial charge on any atom is 0.343 e. The molecule has 2 unspecified atom stereocenters. The van der Waals surface area contributed by atoms with Crippen molar-refractivity contribution in [3.63, 3.8) is 0 Å². The van der Waals surface area contributed by atoms with Crippen LogP contribution in [0.15, 0.2) is 24.3 Å². The van der Waals surface area contributed by atoms with Gasteiger partial charge in [0.2, 0.25) is 0 Å². The molecule has 0 bridgehead atoms. The first-order valence-electron chi connectivity index (χ1n) is 7.02. The molecule has 0 heterocycles. The van der Waals surface area contributed by atoms with E-state index < -0.39 is 17.5 Å². The Morgan fingerprint density at radius 1 is 1.24 bits per heavy atom. The summed E-state index contributed by atoms with van der Waals surface area (Å²) in [6.45, 7) is 0. The van der Waals surface area contributed by atoms with Crippen LogP contribution < -0.4 is 4.74 Å². The summed E-state index contributed by atoms with van der Waals surface area (Å²) in [4.78, 5) is 24.3.